The molecule has 6 nitrogen and oxygen atoms in total. The average Bonchev–Trinajstić information content (AvgIpc) is 3.06. The topological polar surface area (TPSA) is 59.4 Å². The largest absolute Gasteiger partial charge is 0.406 e. The highest BCUT2D eigenvalue weighted by Gasteiger charge is 2.47. The zero-order valence-electron chi connectivity index (χ0n) is 13.2. The van der Waals surface area contributed by atoms with Gasteiger partial charge in [0.1, 0.15) is 17.9 Å². The second-order valence-corrected chi connectivity index (χ2v) is 5.66. The fraction of sp³-hybridized carbons (Fsp3) is 0.714. The van der Waals surface area contributed by atoms with Gasteiger partial charge in [-0.1, -0.05) is 0 Å². The molecular weight excluding hydrogens is 313 g/mol. The van der Waals surface area contributed by atoms with Crippen molar-refractivity contribution in [1.82, 2.24) is 19.8 Å². The Labute approximate surface area is 132 Å². The molecule has 1 saturated heterocycles. The summed E-state index contributed by atoms with van der Waals surface area (Å²) in [5.74, 6) is 0.0967. The van der Waals surface area contributed by atoms with E-state index in [1.165, 1.54) is 19.5 Å². The summed E-state index contributed by atoms with van der Waals surface area (Å²) >= 11 is 0. The van der Waals surface area contributed by atoms with Gasteiger partial charge in [0.05, 0.1) is 13.2 Å². The lowest BCUT2D eigenvalue weighted by Gasteiger charge is -2.36. The Morgan fingerprint density at radius 2 is 2.26 bits per heavy atom. The van der Waals surface area contributed by atoms with Gasteiger partial charge in [-0.05, 0) is 19.4 Å². The molecule has 0 bridgehead atoms. The molecule has 1 unspecified atom stereocenters. The molecule has 0 spiro atoms. The maximum atomic E-state index is 12.6. The van der Waals surface area contributed by atoms with E-state index < -0.39 is 18.3 Å². The van der Waals surface area contributed by atoms with Gasteiger partial charge in [0.2, 0.25) is 5.91 Å². The Balaban J connectivity index is 2.21. The van der Waals surface area contributed by atoms with Crippen molar-refractivity contribution in [3.63, 3.8) is 0 Å². The van der Waals surface area contributed by atoms with Gasteiger partial charge in [0, 0.05) is 26.6 Å². The number of carbonyl (C=O) groups excluding carboxylic acids is 1. The molecule has 1 aliphatic rings. The van der Waals surface area contributed by atoms with Gasteiger partial charge < -0.3 is 14.6 Å². The Kier molecular flexibility index (Phi) is 5.30. The molecule has 23 heavy (non-hydrogen) atoms. The fourth-order valence-corrected chi connectivity index (χ4v) is 3.12. The second-order valence-electron chi connectivity index (χ2n) is 5.66. The lowest BCUT2D eigenvalue weighted by atomic mass is 9.96. The molecule has 0 radical (unpaired) electrons. The zero-order valence-corrected chi connectivity index (χ0v) is 13.2. The van der Waals surface area contributed by atoms with Crippen LogP contribution in [0.4, 0.5) is 13.2 Å². The van der Waals surface area contributed by atoms with Gasteiger partial charge in [0.25, 0.3) is 0 Å². The Morgan fingerprint density at radius 3 is 2.87 bits per heavy atom. The predicted octanol–water partition coefficient (Wildman–Crippen LogP) is 1.17. The van der Waals surface area contributed by atoms with Crippen LogP contribution < -0.4 is 5.32 Å². The normalized spacial score (nSPS) is 22.5. The SMILES string of the molecule is CNC(=O)C1(COC)CCCN1Cc1nccn1CC(F)(F)F. The number of aromatic nitrogens is 2. The first kappa shape index (κ1) is 17.7. The van der Waals surface area contributed by atoms with E-state index in [0.717, 1.165) is 11.0 Å². The van der Waals surface area contributed by atoms with Crippen molar-refractivity contribution in [2.45, 2.75) is 37.6 Å². The number of amides is 1. The summed E-state index contributed by atoms with van der Waals surface area (Å²) < 4.78 is 44.1. The van der Waals surface area contributed by atoms with E-state index in [4.69, 9.17) is 4.74 Å². The molecule has 1 aromatic rings. The van der Waals surface area contributed by atoms with Crippen LogP contribution in [0.2, 0.25) is 0 Å². The fourth-order valence-electron chi connectivity index (χ4n) is 3.12. The van der Waals surface area contributed by atoms with Crippen molar-refractivity contribution < 1.29 is 22.7 Å². The summed E-state index contributed by atoms with van der Waals surface area (Å²) in [4.78, 5) is 18.2. The zero-order chi connectivity index (χ0) is 17.1. The van der Waals surface area contributed by atoms with E-state index in [9.17, 15) is 18.0 Å². The summed E-state index contributed by atoms with van der Waals surface area (Å²) in [6.07, 6.45) is -0.298. The van der Waals surface area contributed by atoms with Crippen molar-refractivity contribution >= 4 is 5.91 Å². The number of halogens is 3. The van der Waals surface area contributed by atoms with E-state index >= 15 is 0 Å². The molecule has 1 N–H and O–H groups in total. The Morgan fingerprint density at radius 1 is 1.52 bits per heavy atom. The van der Waals surface area contributed by atoms with Crippen molar-refractivity contribution in [2.75, 3.05) is 27.3 Å². The van der Waals surface area contributed by atoms with Crippen molar-refractivity contribution in [1.29, 1.82) is 0 Å². The highest BCUT2D eigenvalue weighted by atomic mass is 19.4. The molecule has 1 aromatic heterocycles. The number of imidazole rings is 1. The van der Waals surface area contributed by atoms with Crippen LogP contribution in [0.5, 0.6) is 0 Å². The van der Waals surface area contributed by atoms with Crippen LogP contribution in [-0.2, 0) is 22.6 Å². The molecule has 130 valence electrons. The van der Waals surface area contributed by atoms with Crippen molar-refractivity contribution in [3.8, 4) is 0 Å². The molecule has 0 aliphatic carbocycles. The average molecular weight is 334 g/mol. The van der Waals surface area contributed by atoms with Gasteiger partial charge in [0.15, 0.2) is 0 Å². The number of methoxy groups -OCH3 is 1. The number of nitrogens with zero attached hydrogens (tertiary/aromatic N) is 3. The number of nitrogens with one attached hydrogen (secondary N) is 1. The number of alkyl halides is 3. The molecule has 2 rings (SSSR count). The Hall–Kier alpha value is -1.61. The summed E-state index contributed by atoms with van der Waals surface area (Å²) in [7, 11) is 3.05. The van der Waals surface area contributed by atoms with Crippen LogP contribution in [0.3, 0.4) is 0 Å². The number of hydrogen-bond acceptors (Lipinski definition) is 4. The number of ether oxygens (including phenoxy) is 1. The molecule has 1 aliphatic heterocycles. The summed E-state index contributed by atoms with van der Waals surface area (Å²) in [5.41, 5.74) is -0.863. The molecule has 1 fully saturated rings. The van der Waals surface area contributed by atoms with E-state index in [2.05, 4.69) is 10.3 Å². The van der Waals surface area contributed by atoms with Crippen LogP contribution in [0, 0.1) is 0 Å². The minimum absolute atomic E-state index is 0.167. The standard InChI is InChI=1S/C14H21F3N4O2/c1-18-12(22)13(10-23-2)4-3-6-21(13)8-11-19-5-7-20(11)9-14(15,16)17/h5,7H,3-4,6,8-10H2,1-2H3,(H,18,22). The summed E-state index contributed by atoms with van der Waals surface area (Å²) in [5, 5.41) is 2.63. The van der Waals surface area contributed by atoms with Crippen LogP contribution >= 0.6 is 0 Å². The van der Waals surface area contributed by atoms with Crippen LogP contribution in [0.25, 0.3) is 0 Å². The summed E-state index contributed by atoms with van der Waals surface area (Å²) in [6.45, 7) is -0.129. The third kappa shape index (κ3) is 3.84. The monoisotopic (exact) mass is 334 g/mol. The Bertz CT molecular complexity index is 546. The first-order valence-electron chi connectivity index (χ1n) is 7.35. The lowest BCUT2D eigenvalue weighted by Crippen LogP contribution is -2.57. The van der Waals surface area contributed by atoms with Crippen LogP contribution in [0.15, 0.2) is 12.4 Å². The number of hydrogen-bond donors (Lipinski definition) is 1. The number of likely N-dealkylation sites (N-methyl/N-ethyl adjacent to an activating group) is 1. The van der Waals surface area contributed by atoms with Gasteiger partial charge in [-0.25, -0.2) is 4.98 Å². The van der Waals surface area contributed by atoms with Gasteiger partial charge in [-0.2, -0.15) is 13.2 Å². The van der Waals surface area contributed by atoms with Crippen molar-refractivity contribution in [3.05, 3.63) is 18.2 Å². The molecular formula is C14H21F3N4O2. The van der Waals surface area contributed by atoms with Gasteiger partial charge in [-0.15, -0.1) is 0 Å². The maximum Gasteiger partial charge on any atom is 0.406 e. The van der Waals surface area contributed by atoms with E-state index in [1.807, 2.05) is 4.90 Å². The summed E-state index contributed by atoms with van der Waals surface area (Å²) in [6, 6.07) is 0. The smallest absolute Gasteiger partial charge is 0.382 e. The van der Waals surface area contributed by atoms with Crippen LogP contribution in [0.1, 0.15) is 18.7 Å². The molecule has 2 heterocycles. The number of likely N-dealkylation sites (tertiary alicyclic amines) is 1. The van der Waals surface area contributed by atoms with Gasteiger partial charge in [-0.3, -0.25) is 9.69 Å². The van der Waals surface area contributed by atoms with Crippen LogP contribution in [-0.4, -0.2) is 59.4 Å². The predicted molar refractivity (Wildman–Crippen MR) is 76.6 cm³/mol. The van der Waals surface area contributed by atoms with E-state index in [-0.39, 0.29) is 24.9 Å². The maximum absolute atomic E-state index is 12.6. The van der Waals surface area contributed by atoms with Gasteiger partial charge >= 0.3 is 6.18 Å². The minimum atomic E-state index is -4.31. The highest BCUT2D eigenvalue weighted by molar-refractivity contribution is 5.86. The highest BCUT2D eigenvalue weighted by Crippen LogP contribution is 2.31. The molecule has 0 aromatic carbocycles. The van der Waals surface area contributed by atoms with E-state index in [1.54, 1.807) is 7.05 Å². The molecule has 0 saturated carbocycles. The molecule has 1 amide bonds. The lowest BCUT2D eigenvalue weighted by molar-refractivity contribution is -0.142. The third-order valence-electron chi connectivity index (χ3n) is 4.14. The van der Waals surface area contributed by atoms with E-state index in [0.29, 0.717) is 13.0 Å². The first-order chi connectivity index (χ1) is 10.8. The number of carbonyl (C=O) groups is 1. The quantitative estimate of drug-likeness (QED) is 0.849. The minimum Gasteiger partial charge on any atom is -0.382 e. The first-order valence-corrected chi connectivity index (χ1v) is 7.35. The second kappa shape index (κ2) is 6.88. The van der Waals surface area contributed by atoms with Crippen molar-refractivity contribution in [2.24, 2.45) is 0 Å². The number of rotatable bonds is 6. The molecule has 9 heteroatoms. The third-order valence-corrected chi connectivity index (χ3v) is 4.14. The molecule has 1 atom stereocenters.